The predicted molar refractivity (Wildman–Crippen MR) is 88.0 cm³/mol. The van der Waals surface area contributed by atoms with Gasteiger partial charge in [0.05, 0.1) is 17.7 Å². The first-order valence-electron chi connectivity index (χ1n) is 7.88. The highest BCUT2D eigenvalue weighted by Crippen LogP contribution is 2.22. The lowest BCUT2D eigenvalue weighted by molar-refractivity contribution is -0.118. The van der Waals surface area contributed by atoms with Crippen LogP contribution in [0.5, 0.6) is 0 Å². The second-order valence-electron chi connectivity index (χ2n) is 5.98. The predicted octanol–water partition coefficient (Wildman–Crippen LogP) is 2.69. The van der Waals surface area contributed by atoms with E-state index in [-0.39, 0.29) is 12.5 Å². The maximum atomic E-state index is 12.2. The Bertz CT molecular complexity index is 473. The molecule has 0 bridgehead atoms. The molecule has 1 aromatic rings. The summed E-state index contributed by atoms with van der Waals surface area (Å²) in [6, 6.07) is 3.76. The van der Waals surface area contributed by atoms with Crippen molar-refractivity contribution in [2.24, 2.45) is 0 Å². The molecule has 122 valence electrons. The van der Waals surface area contributed by atoms with Crippen molar-refractivity contribution < 1.29 is 9.90 Å². The number of hydrogen-bond donors (Lipinski definition) is 2. The highest BCUT2D eigenvalue weighted by molar-refractivity contribution is 6.30. The summed E-state index contributed by atoms with van der Waals surface area (Å²) in [5, 5.41) is 13.0. The van der Waals surface area contributed by atoms with Crippen LogP contribution in [-0.4, -0.2) is 46.1 Å². The molecule has 1 aliphatic rings. The lowest BCUT2D eigenvalue weighted by atomic mass is 9.94. The summed E-state index contributed by atoms with van der Waals surface area (Å²) in [5.41, 5.74) is 0. The van der Waals surface area contributed by atoms with Gasteiger partial charge in [-0.3, -0.25) is 9.69 Å². The Morgan fingerprint density at radius 2 is 2.18 bits per heavy atom. The Hall–Kier alpha value is -1.17. The van der Waals surface area contributed by atoms with Crippen LogP contribution in [0.1, 0.15) is 39.0 Å². The number of aromatic nitrogens is 1. The van der Waals surface area contributed by atoms with Gasteiger partial charge < -0.3 is 10.4 Å². The summed E-state index contributed by atoms with van der Waals surface area (Å²) in [4.78, 5) is 18.4. The minimum atomic E-state index is -0.441. The van der Waals surface area contributed by atoms with E-state index in [9.17, 15) is 9.90 Å². The van der Waals surface area contributed by atoms with Crippen molar-refractivity contribution in [3.63, 3.8) is 0 Å². The fraction of sp³-hybridized carbons (Fsp3) is 0.625. The fourth-order valence-corrected chi connectivity index (χ4v) is 3.06. The normalized spacial score (nSPS) is 17.5. The molecule has 1 fully saturated rings. The van der Waals surface area contributed by atoms with Crippen molar-refractivity contribution in [1.82, 2.24) is 9.88 Å². The largest absolute Gasteiger partial charge is 0.392 e. The van der Waals surface area contributed by atoms with Crippen LogP contribution in [0.3, 0.4) is 0 Å². The topological polar surface area (TPSA) is 65.5 Å². The number of nitrogens with zero attached hydrogens (tertiary/aromatic N) is 2. The lowest BCUT2D eigenvalue weighted by Crippen LogP contribution is -2.45. The molecular formula is C16H24ClN3O2. The second kappa shape index (κ2) is 8.46. The van der Waals surface area contributed by atoms with Crippen molar-refractivity contribution >= 4 is 23.3 Å². The number of hydrogen-bond acceptors (Lipinski definition) is 4. The van der Waals surface area contributed by atoms with E-state index >= 15 is 0 Å². The van der Waals surface area contributed by atoms with Gasteiger partial charge in [-0.25, -0.2) is 4.98 Å². The molecule has 0 aromatic carbocycles. The Balaban J connectivity index is 1.93. The maximum absolute atomic E-state index is 12.2. The summed E-state index contributed by atoms with van der Waals surface area (Å²) in [5.74, 6) is 0.385. The summed E-state index contributed by atoms with van der Waals surface area (Å²) >= 11 is 5.78. The first kappa shape index (κ1) is 17.2. The molecule has 2 rings (SSSR count). The minimum absolute atomic E-state index is 0.110. The van der Waals surface area contributed by atoms with Gasteiger partial charge in [-0.15, -0.1) is 0 Å². The highest BCUT2D eigenvalue weighted by atomic mass is 35.5. The van der Waals surface area contributed by atoms with Gasteiger partial charge in [0.25, 0.3) is 0 Å². The van der Waals surface area contributed by atoms with Crippen LogP contribution in [0.2, 0.25) is 5.02 Å². The fourth-order valence-electron chi connectivity index (χ4n) is 2.94. The standard InChI is InChI=1S/C16H24ClN3O2/c1-12(21)10-20(14-5-3-2-4-6-14)11-16(22)19-15-8-7-13(17)9-18-15/h7-9,12,14,21H,2-6,10-11H2,1H3,(H,18,19,22). The third-order valence-corrected chi connectivity index (χ3v) is 4.15. The van der Waals surface area contributed by atoms with E-state index < -0.39 is 6.10 Å². The number of carbonyl (C=O) groups is 1. The minimum Gasteiger partial charge on any atom is -0.392 e. The Kier molecular flexibility index (Phi) is 6.61. The van der Waals surface area contributed by atoms with Gasteiger partial charge in [0.15, 0.2) is 0 Å². The van der Waals surface area contributed by atoms with Gasteiger partial charge in [0.2, 0.25) is 5.91 Å². The van der Waals surface area contributed by atoms with Crippen molar-refractivity contribution in [3.8, 4) is 0 Å². The summed E-state index contributed by atoms with van der Waals surface area (Å²) in [6.07, 6.45) is 6.91. The van der Waals surface area contributed by atoms with Crippen LogP contribution in [-0.2, 0) is 4.79 Å². The van der Waals surface area contributed by atoms with E-state index in [0.717, 1.165) is 12.8 Å². The third-order valence-electron chi connectivity index (χ3n) is 3.93. The molecule has 1 amide bonds. The Morgan fingerprint density at radius 3 is 2.77 bits per heavy atom. The molecule has 0 saturated heterocycles. The van der Waals surface area contributed by atoms with Gasteiger partial charge in [-0.05, 0) is 31.9 Å². The van der Waals surface area contributed by atoms with Crippen molar-refractivity contribution in [1.29, 1.82) is 0 Å². The number of amides is 1. The summed E-state index contributed by atoms with van der Waals surface area (Å²) < 4.78 is 0. The first-order valence-corrected chi connectivity index (χ1v) is 8.26. The summed E-state index contributed by atoms with van der Waals surface area (Å²) in [6.45, 7) is 2.56. The zero-order valence-corrected chi connectivity index (χ0v) is 13.7. The molecule has 1 atom stereocenters. The molecule has 1 saturated carbocycles. The average molecular weight is 326 g/mol. The molecule has 0 spiro atoms. The second-order valence-corrected chi connectivity index (χ2v) is 6.42. The molecule has 1 aliphatic carbocycles. The average Bonchev–Trinajstić information content (AvgIpc) is 2.49. The number of anilines is 1. The number of aliphatic hydroxyl groups excluding tert-OH is 1. The van der Waals surface area contributed by atoms with E-state index in [1.807, 2.05) is 0 Å². The number of nitrogens with one attached hydrogen (secondary N) is 1. The quantitative estimate of drug-likeness (QED) is 0.844. The van der Waals surface area contributed by atoms with Crippen LogP contribution in [0.15, 0.2) is 18.3 Å². The molecule has 1 unspecified atom stereocenters. The van der Waals surface area contributed by atoms with Gasteiger partial charge >= 0.3 is 0 Å². The van der Waals surface area contributed by atoms with Crippen LogP contribution in [0.25, 0.3) is 0 Å². The van der Waals surface area contributed by atoms with Gasteiger partial charge in [0, 0.05) is 18.8 Å². The monoisotopic (exact) mass is 325 g/mol. The maximum Gasteiger partial charge on any atom is 0.239 e. The molecule has 6 heteroatoms. The van der Waals surface area contributed by atoms with E-state index in [1.165, 1.54) is 25.5 Å². The third kappa shape index (κ3) is 5.55. The molecular weight excluding hydrogens is 302 g/mol. The molecule has 1 heterocycles. The summed E-state index contributed by atoms with van der Waals surface area (Å²) in [7, 11) is 0. The SMILES string of the molecule is CC(O)CN(CC(=O)Nc1ccc(Cl)cn1)C1CCCCC1. The van der Waals surface area contributed by atoms with Crippen LogP contribution in [0.4, 0.5) is 5.82 Å². The smallest absolute Gasteiger partial charge is 0.239 e. The lowest BCUT2D eigenvalue weighted by Gasteiger charge is -2.34. The number of aliphatic hydroxyl groups is 1. The number of pyridine rings is 1. The molecule has 0 radical (unpaired) electrons. The van der Waals surface area contributed by atoms with E-state index in [4.69, 9.17) is 11.6 Å². The van der Waals surface area contributed by atoms with Crippen LogP contribution >= 0.6 is 11.6 Å². The van der Waals surface area contributed by atoms with E-state index in [2.05, 4.69) is 15.2 Å². The number of halogens is 1. The molecule has 1 aromatic heterocycles. The van der Waals surface area contributed by atoms with E-state index in [1.54, 1.807) is 19.1 Å². The van der Waals surface area contributed by atoms with Crippen LogP contribution < -0.4 is 5.32 Å². The number of rotatable bonds is 6. The molecule has 0 aliphatic heterocycles. The molecule has 2 N–H and O–H groups in total. The molecule has 5 nitrogen and oxygen atoms in total. The van der Waals surface area contributed by atoms with Crippen LogP contribution in [0, 0.1) is 0 Å². The van der Waals surface area contributed by atoms with Gasteiger partial charge in [-0.2, -0.15) is 0 Å². The Morgan fingerprint density at radius 1 is 1.45 bits per heavy atom. The first-order chi connectivity index (χ1) is 10.5. The zero-order chi connectivity index (χ0) is 15.9. The highest BCUT2D eigenvalue weighted by Gasteiger charge is 2.24. The van der Waals surface area contributed by atoms with Crippen molar-refractivity contribution in [2.75, 3.05) is 18.4 Å². The van der Waals surface area contributed by atoms with Gasteiger partial charge in [-0.1, -0.05) is 30.9 Å². The Labute approximate surface area is 136 Å². The zero-order valence-electron chi connectivity index (χ0n) is 13.0. The van der Waals surface area contributed by atoms with Crippen molar-refractivity contribution in [2.45, 2.75) is 51.2 Å². The number of carbonyl (C=O) groups excluding carboxylic acids is 1. The van der Waals surface area contributed by atoms with E-state index in [0.29, 0.717) is 23.4 Å². The van der Waals surface area contributed by atoms with Crippen molar-refractivity contribution in [3.05, 3.63) is 23.4 Å². The molecule has 22 heavy (non-hydrogen) atoms. The van der Waals surface area contributed by atoms with Gasteiger partial charge in [0.1, 0.15) is 5.82 Å².